The van der Waals surface area contributed by atoms with Gasteiger partial charge in [-0.05, 0) is 54.1 Å². The van der Waals surface area contributed by atoms with Crippen molar-refractivity contribution in [3.8, 4) is 22.5 Å². The molecule has 0 unspecified atom stereocenters. The van der Waals surface area contributed by atoms with Gasteiger partial charge in [0.1, 0.15) is 17.0 Å². The SMILES string of the molecule is CCl.COC(=O)c1ccc(C(=O)O)c(-c2c3cc(Cl)c(=O)cc-3oc3c(CNc4cccc5ccc(C(=O)O)nc45)c(N)ccc23)c1. The van der Waals surface area contributed by atoms with Gasteiger partial charge in [-0.3, -0.25) is 4.79 Å². The van der Waals surface area contributed by atoms with Crippen LogP contribution in [0, 0.1) is 0 Å². The van der Waals surface area contributed by atoms with E-state index < -0.39 is 23.3 Å². The monoisotopic (exact) mass is 673 g/mol. The van der Waals surface area contributed by atoms with Crippen LogP contribution in [0.4, 0.5) is 11.4 Å². The van der Waals surface area contributed by atoms with E-state index in [0.29, 0.717) is 44.4 Å². The Morgan fingerprint density at radius 3 is 2.43 bits per heavy atom. The van der Waals surface area contributed by atoms with Crippen LogP contribution in [0.2, 0.25) is 5.02 Å². The molecule has 238 valence electrons. The quantitative estimate of drug-likeness (QED) is 0.0592. The lowest BCUT2D eigenvalue weighted by Crippen LogP contribution is -2.09. The lowest BCUT2D eigenvalue weighted by molar-refractivity contribution is 0.0598. The highest BCUT2D eigenvalue weighted by molar-refractivity contribution is 6.31. The molecule has 0 amide bonds. The zero-order chi connectivity index (χ0) is 34.0. The van der Waals surface area contributed by atoms with Crippen molar-refractivity contribution in [2.75, 3.05) is 24.5 Å². The first-order chi connectivity index (χ1) is 22.6. The number of esters is 1. The summed E-state index contributed by atoms with van der Waals surface area (Å²) in [6, 6.07) is 18.3. The lowest BCUT2D eigenvalue weighted by Gasteiger charge is -2.20. The molecule has 13 heteroatoms. The number of aromatic carboxylic acids is 2. The summed E-state index contributed by atoms with van der Waals surface area (Å²) in [6.45, 7) is 0.0710. The normalized spacial score (nSPS) is 10.8. The number of nitrogens with one attached hydrogen (secondary N) is 1. The molecule has 1 aromatic heterocycles. The third kappa shape index (κ3) is 6.14. The van der Waals surface area contributed by atoms with E-state index in [4.69, 9.17) is 26.5 Å². The number of methoxy groups -OCH3 is 1. The number of anilines is 2. The number of para-hydroxylation sites is 1. The summed E-state index contributed by atoms with van der Waals surface area (Å²) < 4.78 is 11.1. The summed E-state index contributed by atoms with van der Waals surface area (Å²) in [5.41, 5.74) is 8.61. The van der Waals surface area contributed by atoms with E-state index in [1.54, 1.807) is 36.4 Å². The van der Waals surface area contributed by atoms with Gasteiger partial charge in [0, 0.05) is 52.1 Å². The molecule has 0 saturated carbocycles. The molecule has 0 bridgehead atoms. The number of carboxylic acids is 2. The highest BCUT2D eigenvalue weighted by Gasteiger charge is 2.26. The number of hydrogen-bond acceptors (Lipinski definition) is 9. The second-order valence-corrected chi connectivity index (χ2v) is 10.5. The number of nitrogens with two attached hydrogens (primary N) is 1. The maximum atomic E-state index is 12.6. The second-order valence-electron chi connectivity index (χ2n) is 10.1. The van der Waals surface area contributed by atoms with E-state index in [2.05, 4.69) is 21.9 Å². The number of nitrogen functional groups attached to an aromatic ring is 1. The highest BCUT2D eigenvalue weighted by atomic mass is 35.5. The van der Waals surface area contributed by atoms with Crippen molar-refractivity contribution in [1.82, 2.24) is 4.98 Å². The van der Waals surface area contributed by atoms with Crippen LogP contribution in [-0.4, -0.2) is 46.6 Å². The van der Waals surface area contributed by atoms with Crippen molar-refractivity contribution >= 4 is 74.4 Å². The molecule has 0 fully saturated rings. The third-order valence-corrected chi connectivity index (χ3v) is 7.71. The number of aromatic nitrogens is 1. The van der Waals surface area contributed by atoms with Gasteiger partial charge in [0.2, 0.25) is 5.43 Å². The summed E-state index contributed by atoms with van der Waals surface area (Å²) in [4.78, 5) is 53.3. The summed E-state index contributed by atoms with van der Waals surface area (Å²) in [5, 5.41) is 23.9. The van der Waals surface area contributed by atoms with Crippen molar-refractivity contribution in [3.63, 3.8) is 0 Å². The van der Waals surface area contributed by atoms with Crippen molar-refractivity contribution in [2.45, 2.75) is 6.54 Å². The molecule has 4 aromatic rings. The first-order valence-electron chi connectivity index (χ1n) is 13.8. The van der Waals surface area contributed by atoms with Crippen molar-refractivity contribution in [1.29, 1.82) is 0 Å². The smallest absolute Gasteiger partial charge is 0.354 e. The lowest BCUT2D eigenvalue weighted by atomic mass is 9.88. The zero-order valence-corrected chi connectivity index (χ0v) is 26.3. The Kier molecular flexibility index (Phi) is 9.31. The molecule has 6 rings (SSSR count). The molecule has 2 heterocycles. The minimum atomic E-state index is -1.25. The summed E-state index contributed by atoms with van der Waals surface area (Å²) in [7, 11) is 1.21. The molecule has 0 radical (unpaired) electrons. The number of carbonyl (C=O) groups is 3. The van der Waals surface area contributed by atoms with Gasteiger partial charge in [0.15, 0.2) is 0 Å². The van der Waals surface area contributed by atoms with Gasteiger partial charge in [0.25, 0.3) is 0 Å². The number of rotatable bonds is 7. The number of hydrogen-bond donors (Lipinski definition) is 4. The van der Waals surface area contributed by atoms with Gasteiger partial charge >= 0.3 is 17.9 Å². The van der Waals surface area contributed by atoms with Crippen molar-refractivity contribution < 1.29 is 33.8 Å². The van der Waals surface area contributed by atoms with Crippen LogP contribution in [0.1, 0.15) is 36.8 Å². The Morgan fingerprint density at radius 1 is 0.957 bits per heavy atom. The molecule has 11 nitrogen and oxygen atoms in total. The Morgan fingerprint density at radius 2 is 1.72 bits per heavy atom. The molecule has 5 N–H and O–H groups in total. The van der Waals surface area contributed by atoms with E-state index in [9.17, 15) is 29.4 Å². The number of alkyl halides is 1. The molecule has 47 heavy (non-hydrogen) atoms. The fraction of sp³-hybridized carbons (Fsp3) is 0.0882. The summed E-state index contributed by atoms with van der Waals surface area (Å²) in [6.07, 6.45) is 1.47. The molecule has 0 atom stereocenters. The number of benzene rings is 4. The van der Waals surface area contributed by atoms with Crippen LogP contribution < -0.4 is 16.5 Å². The standard InChI is InChI=1S/C33H22ClN3O8.CH3Cl/c1-44-33(43)16-5-7-17(31(39)40)19(11-16)28-18-8-9-23(35)21(30(18)45-27-13-26(38)22(34)12-20(27)28)14-36-24-4-2-3-15-6-10-25(32(41)42)37-29(15)24;1-2/h2-13,36H,14,35H2,1H3,(H,39,40)(H,41,42);1H3. The molecule has 1 aliphatic heterocycles. The second kappa shape index (κ2) is 13.4. The van der Waals surface area contributed by atoms with Gasteiger partial charge in [0.05, 0.1) is 34.5 Å². The Balaban J connectivity index is 0.00000213. The number of fused-ring (bicyclic) bond motifs is 3. The number of pyridine rings is 1. The van der Waals surface area contributed by atoms with Crippen LogP contribution in [-0.2, 0) is 11.3 Å². The summed E-state index contributed by atoms with van der Waals surface area (Å²) >= 11 is 10.9. The highest BCUT2D eigenvalue weighted by Crippen LogP contribution is 2.44. The minimum absolute atomic E-state index is 0.0710. The van der Waals surface area contributed by atoms with Gasteiger partial charge in [-0.1, -0.05) is 29.8 Å². The first kappa shape index (κ1) is 32.7. The number of carbonyl (C=O) groups excluding carboxylic acids is 1. The Labute approximate surface area is 276 Å². The molecule has 0 saturated heterocycles. The number of ether oxygens (including phenoxy) is 1. The first-order valence-corrected chi connectivity index (χ1v) is 14.9. The molecular weight excluding hydrogens is 649 g/mol. The fourth-order valence-electron chi connectivity index (χ4n) is 5.27. The van der Waals surface area contributed by atoms with Crippen LogP contribution in [0.5, 0.6) is 0 Å². The van der Waals surface area contributed by atoms with E-state index in [-0.39, 0.29) is 45.3 Å². The fourth-order valence-corrected chi connectivity index (χ4v) is 5.44. The zero-order valence-electron chi connectivity index (χ0n) is 24.8. The van der Waals surface area contributed by atoms with E-state index >= 15 is 0 Å². The predicted octanol–water partition coefficient (Wildman–Crippen LogP) is 7.00. The average Bonchev–Trinajstić information content (AvgIpc) is 3.07. The molecule has 3 aromatic carbocycles. The number of nitrogens with zero attached hydrogens (tertiary/aromatic N) is 1. The number of carboxylic acid groups (broad SMARTS) is 2. The van der Waals surface area contributed by atoms with Crippen molar-refractivity contribution in [3.05, 3.63) is 110 Å². The molecule has 2 aliphatic rings. The maximum absolute atomic E-state index is 12.6. The third-order valence-electron chi connectivity index (χ3n) is 7.42. The van der Waals surface area contributed by atoms with Crippen LogP contribution in [0.25, 0.3) is 44.3 Å². The van der Waals surface area contributed by atoms with Crippen molar-refractivity contribution in [2.24, 2.45) is 0 Å². The van der Waals surface area contributed by atoms with Crippen LogP contribution in [0.3, 0.4) is 0 Å². The largest absolute Gasteiger partial charge is 0.478 e. The van der Waals surface area contributed by atoms with Crippen LogP contribution in [0.15, 0.2) is 82.0 Å². The van der Waals surface area contributed by atoms with E-state index in [0.717, 1.165) is 0 Å². The molecule has 1 aliphatic carbocycles. The average molecular weight is 674 g/mol. The van der Waals surface area contributed by atoms with Gasteiger partial charge in [-0.25, -0.2) is 19.4 Å². The topological polar surface area (TPSA) is 182 Å². The maximum Gasteiger partial charge on any atom is 0.354 e. The molecule has 0 spiro atoms. The predicted molar refractivity (Wildman–Crippen MR) is 180 cm³/mol. The van der Waals surface area contributed by atoms with Gasteiger partial charge < -0.3 is 30.4 Å². The van der Waals surface area contributed by atoms with E-state index in [1.807, 2.05) is 0 Å². The van der Waals surface area contributed by atoms with Crippen LogP contribution >= 0.6 is 23.2 Å². The Bertz CT molecular complexity index is 2250. The summed E-state index contributed by atoms with van der Waals surface area (Å²) in [5.74, 6) is -2.99. The Hall–Kier alpha value is -5.65. The van der Waals surface area contributed by atoms with E-state index in [1.165, 1.54) is 49.9 Å². The van der Waals surface area contributed by atoms with Gasteiger partial charge in [-0.15, -0.1) is 11.6 Å². The molecular formula is C34H25Cl2N3O8. The number of halogens is 2. The van der Waals surface area contributed by atoms with Gasteiger partial charge in [-0.2, -0.15) is 0 Å². The minimum Gasteiger partial charge on any atom is -0.478 e.